The highest BCUT2D eigenvalue weighted by atomic mass is 32.1. The molecule has 2 aliphatic rings. The molecule has 2 N–H and O–H groups in total. The van der Waals surface area contributed by atoms with E-state index in [0.29, 0.717) is 23.4 Å². The maximum absolute atomic E-state index is 12.6. The fourth-order valence-electron chi connectivity index (χ4n) is 4.07. The van der Waals surface area contributed by atoms with E-state index in [-0.39, 0.29) is 18.9 Å². The lowest BCUT2D eigenvalue weighted by molar-refractivity contribution is -0.150. The van der Waals surface area contributed by atoms with Gasteiger partial charge >= 0.3 is 11.9 Å². The van der Waals surface area contributed by atoms with Crippen molar-refractivity contribution in [2.24, 2.45) is 5.41 Å². The molecule has 1 aromatic heterocycles. The molecule has 2 aliphatic carbocycles. The number of carbonyl (C=O) groups excluding carboxylic acids is 2. The number of carboxylic acids is 1. The van der Waals surface area contributed by atoms with Crippen LogP contribution in [0.2, 0.25) is 0 Å². The first kappa shape index (κ1) is 18.9. The van der Waals surface area contributed by atoms with Gasteiger partial charge in [-0.25, -0.2) is 4.79 Å². The molecule has 0 bridgehead atoms. The first-order chi connectivity index (χ1) is 12.5. The smallest absolute Gasteiger partial charge is 0.341 e. The van der Waals surface area contributed by atoms with Crippen molar-refractivity contribution < 1.29 is 24.2 Å². The quantitative estimate of drug-likeness (QED) is 0.734. The van der Waals surface area contributed by atoms with Crippen LogP contribution in [0.1, 0.15) is 72.7 Å². The zero-order valence-electron chi connectivity index (χ0n) is 15.1. The van der Waals surface area contributed by atoms with Gasteiger partial charge < -0.3 is 15.2 Å². The summed E-state index contributed by atoms with van der Waals surface area (Å²) >= 11 is 1.43. The Morgan fingerprint density at radius 1 is 1.15 bits per heavy atom. The molecule has 6 nitrogen and oxygen atoms in total. The van der Waals surface area contributed by atoms with Gasteiger partial charge in [-0.15, -0.1) is 11.3 Å². The number of carbonyl (C=O) groups is 3. The molecule has 26 heavy (non-hydrogen) atoms. The molecule has 3 rings (SSSR count). The Labute approximate surface area is 156 Å². The standard InChI is InChI=1S/C19H25NO5S/c1-2-25-17(22)15-12-7-3-4-8-13(12)26-16(15)20-14(21)11-19(18(23)24)9-5-6-10-19/h2-11H2,1H3,(H,20,21)(H,23,24). The van der Waals surface area contributed by atoms with E-state index in [2.05, 4.69) is 5.32 Å². The van der Waals surface area contributed by atoms with E-state index in [1.807, 2.05) is 0 Å². The number of esters is 1. The zero-order valence-corrected chi connectivity index (χ0v) is 15.9. The van der Waals surface area contributed by atoms with E-state index >= 15 is 0 Å². The van der Waals surface area contributed by atoms with E-state index in [1.54, 1.807) is 6.92 Å². The van der Waals surface area contributed by atoms with Crippen molar-refractivity contribution in [1.29, 1.82) is 0 Å². The first-order valence-electron chi connectivity index (χ1n) is 9.32. The minimum absolute atomic E-state index is 0.0484. The maximum atomic E-state index is 12.6. The monoisotopic (exact) mass is 379 g/mol. The van der Waals surface area contributed by atoms with Crippen LogP contribution in [0.5, 0.6) is 0 Å². The van der Waals surface area contributed by atoms with Crippen LogP contribution in [-0.4, -0.2) is 29.6 Å². The molecule has 0 spiro atoms. The number of carboxylic acid groups (broad SMARTS) is 1. The van der Waals surface area contributed by atoms with Gasteiger partial charge in [0, 0.05) is 11.3 Å². The summed E-state index contributed by atoms with van der Waals surface area (Å²) in [5.41, 5.74) is 0.491. The van der Waals surface area contributed by atoms with Gasteiger partial charge in [-0.2, -0.15) is 0 Å². The number of nitrogens with one attached hydrogen (secondary N) is 1. The molecular weight excluding hydrogens is 354 g/mol. The highest BCUT2D eigenvalue weighted by Crippen LogP contribution is 2.43. The molecule has 0 aliphatic heterocycles. The van der Waals surface area contributed by atoms with Crippen molar-refractivity contribution in [3.05, 3.63) is 16.0 Å². The molecule has 0 saturated heterocycles. The average Bonchev–Trinajstić information content (AvgIpc) is 3.19. The molecule has 1 aromatic rings. The van der Waals surface area contributed by atoms with Crippen molar-refractivity contribution in [2.45, 2.75) is 64.7 Å². The van der Waals surface area contributed by atoms with Gasteiger partial charge in [-0.3, -0.25) is 9.59 Å². The van der Waals surface area contributed by atoms with Crippen molar-refractivity contribution in [1.82, 2.24) is 0 Å². The number of thiophene rings is 1. The van der Waals surface area contributed by atoms with Crippen molar-refractivity contribution in [3.63, 3.8) is 0 Å². The molecule has 7 heteroatoms. The van der Waals surface area contributed by atoms with Crippen LogP contribution in [0, 0.1) is 5.41 Å². The summed E-state index contributed by atoms with van der Waals surface area (Å²) in [4.78, 5) is 37.8. The van der Waals surface area contributed by atoms with E-state index in [1.165, 1.54) is 11.3 Å². The van der Waals surface area contributed by atoms with Crippen LogP contribution < -0.4 is 5.32 Å². The van der Waals surface area contributed by atoms with Gasteiger partial charge in [0.25, 0.3) is 0 Å². The summed E-state index contributed by atoms with van der Waals surface area (Å²) in [6.07, 6.45) is 6.49. The molecule has 1 amide bonds. The van der Waals surface area contributed by atoms with Gasteiger partial charge in [0.05, 0.1) is 17.6 Å². The van der Waals surface area contributed by atoms with Crippen LogP contribution in [0.3, 0.4) is 0 Å². The lowest BCUT2D eigenvalue weighted by atomic mass is 9.82. The summed E-state index contributed by atoms with van der Waals surface area (Å²) in [5, 5.41) is 12.9. The third kappa shape index (κ3) is 3.63. The summed E-state index contributed by atoms with van der Waals surface area (Å²) in [6, 6.07) is 0. The normalized spacial score (nSPS) is 18.2. The van der Waals surface area contributed by atoms with E-state index in [0.717, 1.165) is 49.0 Å². The number of aliphatic carboxylic acids is 1. The minimum Gasteiger partial charge on any atom is -0.481 e. The summed E-state index contributed by atoms with van der Waals surface area (Å²) in [5.74, 6) is -1.64. The minimum atomic E-state index is -0.967. The molecule has 1 heterocycles. The third-order valence-corrected chi connectivity index (χ3v) is 6.62. The summed E-state index contributed by atoms with van der Waals surface area (Å²) in [6.45, 7) is 2.03. The number of hydrogen-bond donors (Lipinski definition) is 2. The highest BCUT2D eigenvalue weighted by Gasteiger charge is 2.43. The summed E-state index contributed by atoms with van der Waals surface area (Å²) < 4.78 is 5.19. The fourth-order valence-corrected chi connectivity index (χ4v) is 5.36. The van der Waals surface area contributed by atoms with Crippen LogP contribution in [0.4, 0.5) is 5.00 Å². The fraction of sp³-hybridized carbons (Fsp3) is 0.632. The molecule has 142 valence electrons. The topological polar surface area (TPSA) is 92.7 Å². The Kier molecular flexibility index (Phi) is 5.65. The Hall–Kier alpha value is -1.89. The molecule has 0 radical (unpaired) electrons. The Balaban J connectivity index is 1.82. The lowest BCUT2D eigenvalue weighted by Crippen LogP contribution is -2.32. The average molecular weight is 379 g/mol. The van der Waals surface area contributed by atoms with Crippen LogP contribution in [0.25, 0.3) is 0 Å². The number of anilines is 1. The van der Waals surface area contributed by atoms with Gasteiger partial charge in [-0.1, -0.05) is 12.8 Å². The Bertz CT molecular complexity index is 718. The number of rotatable bonds is 6. The van der Waals surface area contributed by atoms with E-state index < -0.39 is 17.4 Å². The van der Waals surface area contributed by atoms with Gasteiger partial charge in [0.15, 0.2) is 0 Å². The number of hydrogen-bond acceptors (Lipinski definition) is 5. The van der Waals surface area contributed by atoms with Crippen molar-refractivity contribution >= 4 is 34.2 Å². The predicted molar refractivity (Wildman–Crippen MR) is 98.7 cm³/mol. The SMILES string of the molecule is CCOC(=O)c1c(NC(=O)CC2(C(=O)O)CCCC2)sc2c1CCCC2. The molecule has 0 unspecified atom stereocenters. The molecule has 0 aromatic carbocycles. The Morgan fingerprint density at radius 3 is 2.50 bits per heavy atom. The number of fused-ring (bicyclic) bond motifs is 1. The second-order valence-corrected chi connectivity index (χ2v) is 8.26. The van der Waals surface area contributed by atoms with Crippen LogP contribution >= 0.6 is 11.3 Å². The van der Waals surface area contributed by atoms with Gasteiger partial charge in [0.2, 0.25) is 5.91 Å². The molecule has 0 atom stereocenters. The lowest BCUT2D eigenvalue weighted by Gasteiger charge is -2.22. The van der Waals surface area contributed by atoms with Gasteiger partial charge in [-0.05, 0) is 51.0 Å². The van der Waals surface area contributed by atoms with Crippen LogP contribution in [-0.2, 0) is 27.2 Å². The van der Waals surface area contributed by atoms with E-state index in [4.69, 9.17) is 4.74 Å². The number of aryl methyl sites for hydroxylation is 1. The van der Waals surface area contributed by atoms with E-state index in [9.17, 15) is 19.5 Å². The molecular formula is C19H25NO5S. The van der Waals surface area contributed by atoms with Crippen molar-refractivity contribution in [2.75, 3.05) is 11.9 Å². The third-order valence-electron chi connectivity index (χ3n) is 5.42. The zero-order chi connectivity index (χ0) is 18.7. The molecule has 1 fully saturated rings. The highest BCUT2D eigenvalue weighted by molar-refractivity contribution is 7.17. The second kappa shape index (κ2) is 7.78. The summed E-state index contributed by atoms with van der Waals surface area (Å²) in [7, 11) is 0. The van der Waals surface area contributed by atoms with Gasteiger partial charge in [0.1, 0.15) is 5.00 Å². The second-order valence-electron chi connectivity index (χ2n) is 7.15. The largest absolute Gasteiger partial charge is 0.481 e. The maximum Gasteiger partial charge on any atom is 0.341 e. The molecule has 1 saturated carbocycles. The predicted octanol–water partition coefficient (Wildman–Crippen LogP) is 3.78. The number of ether oxygens (including phenoxy) is 1. The Morgan fingerprint density at radius 2 is 1.85 bits per heavy atom. The van der Waals surface area contributed by atoms with Crippen LogP contribution in [0.15, 0.2) is 0 Å². The number of amides is 1. The van der Waals surface area contributed by atoms with Crippen molar-refractivity contribution in [3.8, 4) is 0 Å². The first-order valence-corrected chi connectivity index (χ1v) is 10.1.